The third kappa shape index (κ3) is 2.22. The van der Waals surface area contributed by atoms with Gasteiger partial charge in [0.1, 0.15) is 5.15 Å². The third-order valence-electron chi connectivity index (χ3n) is 2.18. The SMILES string of the molecule is O=[N+]([O-])/C=C1/NCCN1c1ccc(Cl)nc1. The largest absolute Gasteiger partial charge is 0.365 e. The van der Waals surface area contributed by atoms with Crippen molar-refractivity contribution in [1.82, 2.24) is 10.3 Å². The van der Waals surface area contributed by atoms with Crippen molar-refractivity contribution in [3.8, 4) is 0 Å². The van der Waals surface area contributed by atoms with Crippen LogP contribution < -0.4 is 10.2 Å². The molecule has 2 heterocycles. The van der Waals surface area contributed by atoms with Crippen molar-refractivity contribution in [2.24, 2.45) is 0 Å². The molecule has 1 aromatic heterocycles. The molecule has 1 aliphatic rings. The van der Waals surface area contributed by atoms with E-state index in [4.69, 9.17) is 11.6 Å². The van der Waals surface area contributed by atoms with Gasteiger partial charge in [0.15, 0.2) is 5.82 Å². The predicted molar refractivity (Wildman–Crippen MR) is 59.7 cm³/mol. The van der Waals surface area contributed by atoms with Gasteiger partial charge in [-0.15, -0.1) is 0 Å². The van der Waals surface area contributed by atoms with E-state index in [0.29, 0.717) is 24.1 Å². The molecular formula is C9H9ClN4O2. The Morgan fingerprint density at radius 2 is 2.44 bits per heavy atom. The molecule has 0 unspecified atom stereocenters. The molecule has 0 spiro atoms. The van der Waals surface area contributed by atoms with Crippen molar-refractivity contribution < 1.29 is 4.92 Å². The molecule has 84 valence electrons. The fourth-order valence-corrected chi connectivity index (χ4v) is 1.63. The van der Waals surface area contributed by atoms with Gasteiger partial charge in [0.05, 0.1) is 16.8 Å². The van der Waals surface area contributed by atoms with Gasteiger partial charge in [0, 0.05) is 13.1 Å². The first kappa shape index (κ1) is 10.7. The summed E-state index contributed by atoms with van der Waals surface area (Å²) >= 11 is 5.67. The average molecular weight is 241 g/mol. The summed E-state index contributed by atoms with van der Waals surface area (Å²) in [5.41, 5.74) is 0.780. The number of pyridine rings is 1. The molecule has 0 aromatic carbocycles. The molecule has 0 aliphatic carbocycles. The Morgan fingerprint density at radius 1 is 1.62 bits per heavy atom. The van der Waals surface area contributed by atoms with Crippen LogP contribution in [-0.4, -0.2) is 23.0 Å². The van der Waals surface area contributed by atoms with Crippen molar-refractivity contribution in [2.75, 3.05) is 18.0 Å². The van der Waals surface area contributed by atoms with Gasteiger partial charge in [-0.25, -0.2) is 4.98 Å². The highest BCUT2D eigenvalue weighted by molar-refractivity contribution is 6.29. The quantitative estimate of drug-likeness (QED) is 0.478. The van der Waals surface area contributed by atoms with E-state index in [2.05, 4.69) is 10.3 Å². The number of nitrogens with one attached hydrogen (secondary N) is 1. The van der Waals surface area contributed by atoms with Gasteiger partial charge >= 0.3 is 0 Å². The molecule has 0 bridgehead atoms. The van der Waals surface area contributed by atoms with E-state index < -0.39 is 4.92 Å². The summed E-state index contributed by atoms with van der Waals surface area (Å²) in [6.07, 6.45) is 2.53. The summed E-state index contributed by atoms with van der Waals surface area (Å²) in [6, 6.07) is 3.43. The summed E-state index contributed by atoms with van der Waals surface area (Å²) in [6.45, 7) is 1.34. The predicted octanol–water partition coefficient (Wildman–Crippen LogP) is 1.22. The van der Waals surface area contributed by atoms with Gasteiger partial charge in [-0.05, 0) is 12.1 Å². The van der Waals surface area contributed by atoms with Crippen LogP contribution in [0.15, 0.2) is 30.4 Å². The number of aromatic nitrogens is 1. The minimum Gasteiger partial charge on any atom is -0.365 e. The molecule has 1 fully saturated rings. The summed E-state index contributed by atoms with van der Waals surface area (Å²) < 4.78 is 0. The molecule has 6 nitrogen and oxygen atoms in total. The zero-order valence-corrected chi connectivity index (χ0v) is 9.02. The van der Waals surface area contributed by atoms with Gasteiger partial charge in [0.2, 0.25) is 0 Å². The van der Waals surface area contributed by atoms with Crippen LogP contribution in [0, 0.1) is 10.1 Å². The van der Waals surface area contributed by atoms with Crippen molar-refractivity contribution in [1.29, 1.82) is 0 Å². The molecule has 1 aliphatic heterocycles. The van der Waals surface area contributed by atoms with Gasteiger partial charge in [-0.1, -0.05) is 11.6 Å². The van der Waals surface area contributed by atoms with Crippen molar-refractivity contribution >= 4 is 17.3 Å². The maximum Gasteiger partial charge on any atom is 0.274 e. The fraction of sp³-hybridized carbons (Fsp3) is 0.222. The lowest BCUT2D eigenvalue weighted by atomic mass is 10.4. The second-order valence-electron chi connectivity index (χ2n) is 3.22. The highest BCUT2D eigenvalue weighted by atomic mass is 35.5. The molecule has 0 amide bonds. The van der Waals surface area contributed by atoms with Crippen LogP contribution in [-0.2, 0) is 0 Å². The minimum atomic E-state index is -0.482. The zero-order chi connectivity index (χ0) is 11.5. The lowest BCUT2D eigenvalue weighted by Crippen LogP contribution is -2.20. The number of hydrogen-bond donors (Lipinski definition) is 1. The first-order valence-corrected chi connectivity index (χ1v) is 5.03. The van der Waals surface area contributed by atoms with E-state index in [1.165, 1.54) is 0 Å². The molecule has 0 saturated carbocycles. The molecule has 2 rings (SSSR count). The van der Waals surface area contributed by atoms with Crippen LogP contribution in [0.2, 0.25) is 5.15 Å². The Balaban J connectivity index is 2.26. The molecule has 0 radical (unpaired) electrons. The molecule has 0 atom stereocenters. The molecule has 1 N–H and O–H groups in total. The van der Waals surface area contributed by atoms with Gasteiger partial charge in [-0.3, -0.25) is 10.1 Å². The number of nitro groups is 1. The smallest absolute Gasteiger partial charge is 0.274 e. The summed E-state index contributed by atoms with van der Waals surface area (Å²) in [5, 5.41) is 13.7. The van der Waals surface area contributed by atoms with Crippen LogP contribution in [0.3, 0.4) is 0 Å². The third-order valence-corrected chi connectivity index (χ3v) is 2.41. The zero-order valence-electron chi connectivity index (χ0n) is 8.26. The molecular weight excluding hydrogens is 232 g/mol. The summed E-state index contributed by atoms with van der Waals surface area (Å²) in [4.78, 5) is 15.6. The topological polar surface area (TPSA) is 71.3 Å². The number of rotatable bonds is 2. The fourth-order valence-electron chi connectivity index (χ4n) is 1.52. The highest BCUT2D eigenvalue weighted by Gasteiger charge is 2.20. The van der Waals surface area contributed by atoms with Crippen LogP contribution in [0.25, 0.3) is 0 Å². The molecule has 1 saturated heterocycles. The Bertz CT molecular complexity index is 432. The molecule has 1 aromatic rings. The summed E-state index contributed by atoms with van der Waals surface area (Å²) in [5.74, 6) is 0.467. The second-order valence-corrected chi connectivity index (χ2v) is 3.60. The number of hydrogen-bond acceptors (Lipinski definition) is 5. The average Bonchev–Trinajstić information content (AvgIpc) is 2.66. The van der Waals surface area contributed by atoms with E-state index in [9.17, 15) is 10.1 Å². The lowest BCUT2D eigenvalue weighted by Gasteiger charge is -2.16. The second kappa shape index (κ2) is 4.36. The molecule has 7 heteroatoms. The standard InChI is InChI=1S/C9H9ClN4O2/c10-8-2-1-7(5-12-8)13-4-3-11-9(13)6-14(15)16/h1-2,5-6,11H,3-4H2/b9-6-. The first-order chi connectivity index (χ1) is 7.66. The Kier molecular flexibility index (Phi) is 2.91. The minimum absolute atomic E-state index is 0.399. The Labute approximate surface area is 96.7 Å². The monoisotopic (exact) mass is 240 g/mol. The lowest BCUT2D eigenvalue weighted by molar-refractivity contribution is -0.403. The van der Waals surface area contributed by atoms with E-state index >= 15 is 0 Å². The number of nitrogens with zero attached hydrogens (tertiary/aromatic N) is 3. The van der Waals surface area contributed by atoms with Gasteiger partial charge in [0.25, 0.3) is 6.20 Å². The van der Waals surface area contributed by atoms with Crippen LogP contribution >= 0.6 is 11.6 Å². The number of anilines is 1. The van der Waals surface area contributed by atoms with E-state index in [-0.39, 0.29) is 0 Å². The van der Waals surface area contributed by atoms with E-state index in [0.717, 1.165) is 11.9 Å². The van der Waals surface area contributed by atoms with Crippen LogP contribution in [0.4, 0.5) is 5.69 Å². The molecule has 16 heavy (non-hydrogen) atoms. The Morgan fingerprint density at radius 3 is 3.06 bits per heavy atom. The maximum absolute atomic E-state index is 10.4. The van der Waals surface area contributed by atoms with Crippen molar-refractivity contribution in [3.63, 3.8) is 0 Å². The summed E-state index contributed by atoms with van der Waals surface area (Å²) in [7, 11) is 0. The maximum atomic E-state index is 10.4. The van der Waals surface area contributed by atoms with Crippen LogP contribution in [0.5, 0.6) is 0 Å². The Hall–Kier alpha value is -1.82. The van der Waals surface area contributed by atoms with Crippen LogP contribution in [0.1, 0.15) is 0 Å². The number of halogens is 1. The highest BCUT2D eigenvalue weighted by Crippen LogP contribution is 2.20. The van der Waals surface area contributed by atoms with E-state index in [1.807, 2.05) is 0 Å². The van der Waals surface area contributed by atoms with E-state index in [1.54, 1.807) is 23.2 Å². The van der Waals surface area contributed by atoms with Gasteiger partial charge < -0.3 is 10.2 Å². The van der Waals surface area contributed by atoms with Gasteiger partial charge in [-0.2, -0.15) is 0 Å². The van der Waals surface area contributed by atoms with Crippen molar-refractivity contribution in [2.45, 2.75) is 0 Å². The van der Waals surface area contributed by atoms with Crippen molar-refractivity contribution in [3.05, 3.63) is 45.6 Å². The normalized spacial score (nSPS) is 17.6. The first-order valence-electron chi connectivity index (χ1n) is 4.65.